The average Bonchev–Trinajstić information content (AvgIpc) is 3.66. The van der Waals surface area contributed by atoms with Crippen LogP contribution in [0.1, 0.15) is 61.4 Å². The van der Waals surface area contributed by atoms with E-state index < -0.39 is 11.9 Å². The smallest absolute Gasteiger partial charge is 0.356 e. The minimum absolute atomic E-state index is 0.0458. The number of carboxylic acids is 1. The summed E-state index contributed by atoms with van der Waals surface area (Å²) in [6, 6.07) is 2.94. The van der Waals surface area contributed by atoms with Gasteiger partial charge >= 0.3 is 11.9 Å². The van der Waals surface area contributed by atoms with E-state index >= 15 is 0 Å². The van der Waals surface area contributed by atoms with Crippen molar-refractivity contribution >= 4 is 29.1 Å². The molecule has 33 heavy (non-hydrogen) atoms. The van der Waals surface area contributed by atoms with Crippen molar-refractivity contribution in [3.05, 3.63) is 29.0 Å². The normalized spacial score (nSPS) is 15.5. The molecule has 0 aromatic heterocycles. The minimum atomic E-state index is -1.18. The predicted molar refractivity (Wildman–Crippen MR) is 122 cm³/mol. The van der Waals surface area contributed by atoms with Crippen LogP contribution in [0.3, 0.4) is 0 Å². The first-order valence-electron chi connectivity index (χ1n) is 11.1. The number of aliphatic imine (C=N–C) groups is 1. The zero-order chi connectivity index (χ0) is 24.0. The van der Waals surface area contributed by atoms with Gasteiger partial charge in [-0.1, -0.05) is 13.3 Å². The summed E-state index contributed by atoms with van der Waals surface area (Å²) < 4.78 is 16.0. The predicted octanol–water partition coefficient (Wildman–Crippen LogP) is 3.22. The van der Waals surface area contributed by atoms with Crippen LogP contribution >= 0.6 is 0 Å². The largest absolute Gasteiger partial charge is 0.493 e. The summed E-state index contributed by atoms with van der Waals surface area (Å²) in [5, 5.41) is 12.7. The van der Waals surface area contributed by atoms with Crippen molar-refractivity contribution < 1.29 is 33.7 Å². The number of hydrogen-bond acceptors (Lipinski definition) is 7. The summed E-state index contributed by atoms with van der Waals surface area (Å²) in [4.78, 5) is 41.5. The molecule has 1 aliphatic carbocycles. The molecule has 1 heterocycles. The first-order valence-corrected chi connectivity index (χ1v) is 11.1. The molecule has 0 atom stereocenters. The van der Waals surface area contributed by atoms with Gasteiger partial charge < -0.3 is 24.6 Å². The molecule has 9 heteroatoms. The summed E-state index contributed by atoms with van der Waals surface area (Å²) in [7, 11) is 2.68. The van der Waals surface area contributed by atoms with E-state index in [9.17, 15) is 19.5 Å². The Labute approximate surface area is 192 Å². The second-order valence-corrected chi connectivity index (χ2v) is 8.09. The molecule has 0 saturated heterocycles. The molecule has 2 aliphatic rings. The van der Waals surface area contributed by atoms with Crippen LogP contribution < -0.4 is 14.8 Å². The minimum Gasteiger partial charge on any atom is -0.493 e. The molecule has 1 fully saturated rings. The van der Waals surface area contributed by atoms with Gasteiger partial charge in [0.1, 0.15) is 5.71 Å². The molecule has 1 aliphatic heterocycles. The highest BCUT2D eigenvalue weighted by atomic mass is 16.5. The van der Waals surface area contributed by atoms with Gasteiger partial charge in [-0.05, 0) is 61.3 Å². The number of nitrogens with zero attached hydrogens (tertiary/aromatic N) is 1. The molecule has 3 rings (SSSR count). The lowest BCUT2D eigenvalue weighted by Gasteiger charge is -2.21. The maximum atomic E-state index is 12.5. The number of allylic oxidation sites excluding steroid dienone is 1. The van der Waals surface area contributed by atoms with Gasteiger partial charge in [0, 0.05) is 6.54 Å². The lowest BCUT2D eigenvalue weighted by molar-refractivity contribution is -0.136. The number of methoxy groups -OCH3 is 2. The number of carbonyl (C=O) groups excluding carboxylic acids is 2. The number of ether oxygens (including phenoxy) is 3. The Morgan fingerprint density at radius 2 is 1.91 bits per heavy atom. The number of rotatable bonds is 11. The Morgan fingerprint density at radius 1 is 1.15 bits per heavy atom. The molecule has 1 aromatic rings. The molecule has 0 radical (unpaired) electrons. The van der Waals surface area contributed by atoms with Gasteiger partial charge in [0.05, 0.1) is 26.4 Å². The molecule has 2 N–H and O–H groups in total. The molecule has 9 nitrogen and oxygen atoms in total. The summed E-state index contributed by atoms with van der Waals surface area (Å²) in [5.41, 5.74) is 0.767. The summed E-state index contributed by atoms with van der Waals surface area (Å²) in [5.74, 6) is -1.07. The van der Waals surface area contributed by atoms with E-state index in [0.717, 1.165) is 25.7 Å². The van der Waals surface area contributed by atoms with Crippen molar-refractivity contribution in [2.75, 3.05) is 27.4 Å². The van der Waals surface area contributed by atoms with Crippen LogP contribution in [0, 0.1) is 5.92 Å². The molecular formula is C24H30N2O7. The van der Waals surface area contributed by atoms with E-state index in [1.54, 1.807) is 0 Å². The topological polar surface area (TPSA) is 124 Å². The molecule has 1 aromatic carbocycles. The average molecular weight is 459 g/mol. The van der Waals surface area contributed by atoms with Gasteiger partial charge in [0.15, 0.2) is 17.2 Å². The van der Waals surface area contributed by atoms with Crippen molar-refractivity contribution in [3.63, 3.8) is 0 Å². The van der Waals surface area contributed by atoms with Gasteiger partial charge in [-0.3, -0.25) is 4.79 Å². The maximum Gasteiger partial charge on any atom is 0.356 e. The van der Waals surface area contributed by atoms with Crippen LogP contribution in [-0.4, -0.2) is 56.0 Å². The van der Waals surface area contributed by atoms with Gasteiger partial charge in [-0.25, -0.2) is 14.6 Å². The number of carboxylic acid groups (broad SMARTS) is 1. The van der Waals surface area contributed by atoms with Crippen LogP contribution in [0.25, 0.3) is 5.57 Å². The van der Waals surface area contributed by atoms with Crippen molar-refractivity contribution in [2.45, 2.75) is 45.4 Å². The van der Waals surface area contributed by atoms with Gasteiger partial charge in [0.2, 0.25) is 0 Å². The van der Waals surface area contributed by atoms with E-state index in [1.807, 2.05) is 6.92 Å². The van der Waals surface area contributed by atoms with Crippen LogP contribution in [-0.2, 0) is 14.3 Å². The number of carbonyl (C=O) groups is 3. The van der Waals surface area contributed by atoms with Crippen LogP contribution in [0.4, 0.5) is 0 Å². The van der Waals surface area contributed by atoms with Crippen LogP contribution in [0.5, 0.6) is 11.5 Å². The monoisotopic (exact) mass is 458 g/mol. The van der Waals surface area contributed by atoms with E-state index in [2.05, 4.69) is 10.3 Å². The second-order valence-electron chi connectivity index (χ2n) is 8.09. The number of amides is 1. The summed E-state index contributed by atoms with van der Waals surface area (Å²) in [6.07, 6.45) is 4.45. The van der Waals surface area contributed by atoms with Gasteiger partial charge in [-0.15, -0.1) is 0 Å². The molecule has 0 spiro atoms. The Morgan fingerprint density at radius 3 is 2.52 bits per heavy atom. The first kappa shape index (κ1) is 24.3. The Kier molecular flexibility index (Phi) is 8.08. The number of hydrogen-bond donors (Lipinski definition) is 2. The number of nitrogens with one attached hydrogen (secondary N) is 1. The number of unbranched alkanes of at least 4 members (excludes halogenated alkanes) is 1. The highest BCUT2D eigenvalue weighted by Crippen LogP contribution is 2.38. The molecular weight excluding hydrogens is 428 g/mol. The lowest BCUT2D eigenvalue weighted by atomic mass is 9.90. The van der Waals surface area contributed by atoms with E-state index in [1.165, 1.54) is 26.4 Å². The zero-order valence-electron chi connectivity index (χ0n) is 19.2. The van der Waals surface area contributed by atoms with E-state index in [-0.39, 0.29) is 41.3 Å². The van der Waals surface area contributed by atoms with E-state index in [0.29, 0.717) is 36.1 Å². The van der Waals surface area contributed by atoms with Crippen molar-refractivity contribution in [3.8, 4) is 11.5 Å². The van der Waals surface area contributed by atoms with Crippen LogP contribution in [0.15, 0.2) is 22.8 Å². The number of esters is 1. The molecule has 178 valence electrons. The fourth-order valence-electron chi connectivity index (χ4n) is 3.56. The second kappa shape index (κ2) is 11.0. The van der Waals surface area contributed by atoms with Crippen molar-refractivity contribution in [1.29, 1.82) is 0 Å². The highest BCUT2D eigenvalue weighted by molar-refractivity contribution is 6.40. The van der Waals surface area contributed by atoms with E-state index in [4.69, 9.17) is 14.2 Å². The van der Waals surface area contributed by atoms with Gasteiger partial charge in [-0.2, -0.15) is 0 Å². The Hall–Kier alpha value is -3.36. The lowest BCUT2D eigenvalue weighted by Crippen LogP contribution is -2.34. The Bertz CT molecular complexity index is 993. The number of aromatic carboxylic acids is 1. The number of benzene rings is 1. The summed E-state index contributed by atoms with van der Waals surface area (Å²) in [6.45, 7) is 3.03. The standard InChI is InChI=1S/C24H30N2O7/c1-4-5-10-33-20-12-17(23(28)29)16(11-19(20)31-2)15-8-9-18(26-21(15)24(30)32-3)22(27)25-13-14-6-7-14/h11-12,14H,4-10,13H2,1-3H3,(H,25,27)(H,28,29). The molecule has 1 amide bonds. The zero-order valence-corrected chi connectivity index (χ0v) is 19.2. The third-order valence-corrected chi connectivity index (χ3v) is 5.65. The molecule has 0 unspecified atom stereocenters. The quantitative estimate of drug-likeness (QED) is 0.385. The van der Waals surface area contributed by atoms with Crippen molar-refractivity contribution in [1.82, 2.24) is 5.32 Å². The third-order valence-electron chi connectivity index (χ3n) is 5.65. The van der Waals surface area contributed by atoms with Gasteiger partial charge in [0.25, 0.3) is 5.91 Å². The fraction of sp³-hybridized carbons (Fsp3) is 0.500. The van der Waals surface area contributed by atoms with Crippen molar-refractivity contribution in [2.24, 2.45) is 10.9 Å². The fourth-order valence-corrected chi connectivity index (χ4v) is 3.56. The maximum absolute atomic E-state index is 12.5. The molecule has 0 bridgehead atoms. The summed E-state index contributed by atoms with van der Waals surface area (Å²) >= 11 is 0. The highest BCUT2D eigenvalue weighted by Gasteiger charge is 2.30. The SMILES string of the molecule is CCCCOc1cc(C(=O)O)c(C2=C(C(=O)OC)N=C(C(=O)NCC3CC3)CC2)cc1OC. The third kappa shape index (κ3) is 5.91. The first-order chi connectivity index (χ1) is 15.9. The Balaban J connectivity index is 2.03. The molecule has 1 saturated carbocycles. The van der Waals surface area contributed by atoms with Crippen LogP contribution in [0.2, 0.25) is 0 Å².